The Balaban J connectivity index is 1.71. The number of aromatic nitrogens is 4. The lowest BCUT2D eigenvalue weighted by atomic mass is 9.84. The van der Waals surface area contributed by atoms with Crippen molar-refractivity contribution in [3.63, 3.8) is 0 Å². The maximum Gasteiger partial charge on any atom is 0.0894 e. The van der Waals surface area contributed by atoms with E-state index >= 15 is 0 Å². The van der Waals surface area contributed by atoms with Crippen LogP contribution >= 0.6 is 0 Å². The van der Waals surface area contributed by atoms with Crippen molar-refractivity contribution in [3.05, 3.63) is 96.3 Å². The van der Waals surface area contributed by atoms with Crippen LogP contribution in [0.1, 0.15) is 25.2 Å². The van der Waals surface area contributed by atoms with Crippen molar-refractivity contribution in [3.8, 4) is 22.8 Å². The van der Waals surface area contributed by atoms with E-state index in [0.717, 1.165) is 66.7 Å². The van der Waals surface area contributed by atoms with Gasteiger partial charge in [0.15, 0.2) is 0 Å². The van der Waals surface area contributed by atoms with Gasteiger partial charge in [0.25, 0.3) is 0 Å². The summed E-state index contributed by atoms with van der Waals surface area (Å²) < 4.78 is 0. The predicted octanol–water partition coefficient (Wildman–Crippen LogP) is 6.70. The van der Waals surface area contributed by atoms with E-state index in [1.165, 1.54) is 0 Å². The Morgan fingerprint density at radius 3 is 1.39 bits per heavy atom. The third-order valence-electron chi connectivity index (χ3n) is 6.80. The summed E-state index contributed by atoms with van der Waals surface area (Å²) in [5.41, 5.74) is 6.90. The standard InChI is InChI=1S/C29H20N4/c1-29(2)24-7-3-5-20(30-24)22-15-13-18-11-9-17-10-12-19-14-16-23(21-6-4-8-25(29)31-21)33-28(19)26(17)27(18)32-22/h3-16H,1-2H3. The molecule has 4 aromatic heterocycles. The van der Waals surface area contributed by atoms with E-state index in [9.17, 15) is 0 Å². The van der Waals surface area contributed by atoms with Crippen LogP contribution in [0, 0.1) is 0 Å². The maximum absolute atomic E-state index is 5.13. The van der Waals surface area contributed by atoms with Crippen LogP contribution in [0.25, 0.3) is 55.4 Å². The van der Waals surface area contributed by atoms with E-state index in [1.54, 1.807) is 0 Å². The van der Waals surface area contributed by atoms with Gasteiger partial charge in [-0.3, -0.25) is 9.97 Å². The minimum atomic E-state index is -0.373. The second-order valence-electron chi connectivity index (χ2n) is 9.21. The fourth-order valence-corrected chi connectivity index (χ4v) is 4.84. The van der Waals surface area contributed by atoms with Gasteiger partial charge in [-0.2, -0.15) is 0 Å². The highest BCUT2D eigenvalue weighted by atomic mass is 14.8. The summed E-state index contributed by atoms with van der Waals surface area (Å²) in [6.07, 6.45) is 0. The summed E-state index contributed by atoms with van der Waals surface area (Å²) in [4.78, 5) is 20.4. The van der Waals surface area contributed by atoms with E-state index < -0.39 is 0 Å². The smallest absolute Gasteiger partial charge is 0.0894 e. The first-order valence-electron chi connectivity index (χ1n) is 11.2. The monoisotopic (exact) mass is 424 g/mol. The van der Waals surface area contributed by atoms with Crippen molar-refractivity contribution in [2.45, 2.75) is 19.3 Å². The zero-order valence-corrected chi connectivity index (χ0v) is 18.4. The third-order valence-corrected chi connectivity index (χ3v) is 6.80. The molecule has 0 fully saturated rings. The van der Waals surface area contributed by atoms with E-state index in [1.807, 2.05) is 12.1 Å². The Kier molecular flexibility index (Phi) is 3.58. The average Bonchev–Trinajstić information content (AvgIpc) is 2.87. The van der Waals surface area contributed by atoms with Gasteiger partial charge in [0.2, 0.25) is 0 Å². The Hall–Kier alpha value is -4.18. The molecule has 156 valence electrons. The first-order chi connectivity index (χ1) is 16.1. The molecule has 0 aliphatic carbocycles. The molecule has 5 heterocycles. The lowest BCUT2D eigenvalue weighted by Gasteiger charge is -2.25. The van der Waals surface area contributed by atoms with Crippen molar-refractivity contribution in [2.24, 2.45) is 0 Å². The van der Waals surface area contributed by atoms with Crippen LogP contribution in [0.2, 0.25) is 0 Å². The normalized spacial score (nSPS) is 14.0. The molecule has 1 aliphatic heterocycles. The molecule has 33 heavy (non-hydrogen) atoms. The van der Waals surface area contributed by atoms with Crippen molar-refractivity contribution in [2.75, 3.05) is 0 Å². The number of hydrogen-bond acceptors (Lipinski definition) is 4. The van der Waals surface area contributed by atoms with E-state index in [0.29, 0.717) is 0 Å². The van der Waals surface area contributed by atoms with Crippen LogP contribution in [0.5, 0.6) is 0 Å². The molecule has 8 bridgehead atoms. The van der Waals surface area contributed by atoms with Gasteiger partial charge in [0.1, 0.15) is 0 Å². The molecule has 0 N–H and O–H groups in total. The van der Waals surface area contributed by atoms with Crippen LogP contribution in [0.15, 0.2) is 84.9 Å². The highest BCUT2D eigenvalue weighted by Crippen LogP contribution is 2.35. The summed E-state index contributed by atoms with van der Waals surface area (Å²) >= 11 is 0. The van der Waals surface area contributed by atoms with Crippen LogP contribution in [0.4, 0.5) is 0 Å². The molecule has 0 atom stereocenters. The summed E-state index contributed by atoms with van der Waals surface area (Å²) in [6.45, 7) is 4.33. The minimum absolute atomic E-state index is 0.373. The Morgan fingerprint density at radius 2 is 0.879 bits per heavy atom. The van der Waals surface area contributed by atoms with Gasteiger partial charge in [-0.15, -0.1) is 0 Å². The molecule has 0 saturated heterocycles. The number of pyridine rings is 4. The van der Waals surface area contributed by atoms with Crippen molar-refractivity contribution in [1.82, 2.24) is 19.9 Å². The number of nitrogens with zero attached hydrogens (tertiary/aromatic N) is 4. The van der Waals surface area contributed by atoms with Gasteiger partial charge in [0, 0.05) is 21.6 Å². The molecule has 0 spiro atoms. The van der Waals surface area contributed by atoms with E-state index in [4.69, 9.17) is 19.9 Å². The molecule has 6 aromatic rings. The zero-order valence-electron chi connectivity index (χ0n) is 18.4. The highest BCUT2D eigenvalue weighted by Gasteiger charge is 2.27. The number of rotatable bonds is 0. The maximum atomic E-state index is 5.13. The van der Waals surface area contributed by atoms with Crippen LogP contribution < -0.4 is 0 Å². The van der Waals surface area contributed by atoms with Crippen LogP contribution in [-0.4, -0.2) is 19.9 Å². The van der Waals surface area contributed by atoms with Gasteiger partial charge < -0.3 is 0 Å². The Bertz CT molecular complexity index is 1630. The van der Waals surface area contributed by atoms with Gasteiger partial charge in [0.05, 0.1) is 45.2 Å². The topological polar surface area (TPSA) is 51.6 Å². The van der Waals surface area contributed by atoms with Gasteiger partial charge in [-0.05, 0) is 55.6 Å². The molecule has 0 saturated carbocycles. The predicted molar refractivity (Wildman–Crippen MR) is 133 cm³/mol. The van der Waals surface area contributed by atoms with Crippen LogP contribution in [-0.2, 0) is 5.41 Å². The second-order valence-corrected chi connectivity index (χ2v) is 9.21. The molecule has 7 rings (SSSR count). The molecular formula is C29H20N4. The van der Waals surface area contributed by atoms with Gasteiger partial charge >= 0.3 is 0 Å². The fraction of sp³-hybridized carbons (Fsp3) is 0.103. The zero-order chi connectivity index (χ0) is 22.2. The number of benzene rings is 2. The lowest BCUT2D eigenvalue weighted by Crippen LogP contribution is -2.22. The quantitative estimate of drug-likeness (QED) is 0.255. The first-order valence-corrected chi connectivity index (χ1v) is 11.2. The largest absolute Gasteiger partial charge is 0.250 e. The first kappa shape index (κ1) is 18.4. The SMILES string of the molecule is CC1(C)c2cccc(n2)-c2ccc3ccc4ccc5ccc(nc5c4c3n2)-c2cccc1n2. The second kappa shape index (κ2) is 6.42. The highest BCUT2D eigenvalue weighted by molar-refractivity contribution is 6.17. The van der Waals surface area contributed by atoms with Crippen LogP contribution in [0.3, 0.4) is 0 Å². The summed E-state index contributed by atoms with van der Waals surface area (Å²) in [7, 11) is 0. The van der Waals surface area contributed by atoms with Gasteiger partial charge in [-0.25, -0.2) is 9.97 Å². The minimum Gasteiger partial charge on any atom is -0.250 e. The number of hydrogen-bond donors (Lipinski definition) is 0. The summed E-state index contributed by atoms with van der Waals surface area (Å²) in [5.74, 6) is 0. The summed E-state index contributed by atoms with van der Waals surface area (Å²) in [6, 6.07) is 29.3. The lowest BCUT2D eigenvalue weighted by molar-refractivity contribution is 0.596. The average molecular weight is 425 g/mol. The Morgan fingerprint density at radius 1 is 0.455 bits per heavy atom. The molecular weight excluding hydrogens is 404 g/mol. The molecule has 0 unspecified atom stereocenters. The van der Waals surface area contributed by atoms with Gasteiger partial charge in [-0.1, -0.05) is 48.5 Å². The third kappa shape index (κ3) is 2.64. The fourth-order valence-electron chi connectivity index (χ4n) is 4.84. The molecule has 0 amide bonds. The number of fused-ring (bicyclic) bond motifs is 8. The van der Waals surface area contributed by atoms with Crippen molar-refractivity contribution < 1.29 is 0 Å². The van der Waals surface area contributed by atoms with Crippen molar-refractivity contribution in [1.29, 1.82) is 0 Å². The van der Waals surface area contributed by atoms with E-state index in [-0.39, 0.29) is 5.41 Å². The summed E-state index contributed by atoms with van der Waals surface area (Å²) in [5, 5.41) is 4.38. The Labute approximate surface area is 191 Å². The van der Waals surface area contributed by atoms with E-state index in [2.05, 4.69) is 86.6 Å². The molecule has 1 aliphatic rings. The van der Waals surface area contributed by atoms with Crippen molar-refractivity contribution >= 4 is 32.6 Å². The molecule has 4 nitrogen and oxygen atoms in total. The molecule has 2 aromatic carbocycles. The molecule has 0 radical (unpaired) electrons. The molecule has 4 heteroatoms.